The molecule has 2 heterocycles. The van der Waals surface area contributed by atoms with Crippen molar-refractivity contribution in [2.45, 2.75) is 45.4 Å². The Balaban J connectivity index is 1.52. The Kier molecular flexibility index (Phi) is 6.72. The number of likely N-dealkylation sites (tertiary alicyclic amines) is 1. The van der Waals surface area contributed by atoms with Gasteiger partial charge in [-0.3, -0.25) is 9.59 Å². The molecule has 1 fully saturated rings. The normalized spacial score (nSPS) is 16.0. The molecule has 1 aliphatic heterocycles. The number of nitrogens with zero attached hydrogens (tertiary/aromatic N) is 3. The molecule has 1 aliphatic rings. The topological polar surface area (TPSA) is 75.2 Å². The Morgan fingerprint density at radius 3 is 2.75 bits per heavy atom. The number of anilines is 1. The molecule has 8 heteroatoms. The van der Waals surface area contributed by atoms with Gasteiger partial charge in [0.15, 0.2) is 0 Å². The maximum absolute atomic E-state index is 13.3. The number of carbonyl (C=O) groups is 2. The molecule has 0 radical (unpaired) electrons. The third-order valence-corrected chi connectivity index (χ3v) is 6.11. The average molecular weight is 405 g/mol. The fourth-order valence-electron chi connectivity index (χ4n) is 3.40. The first-order valence-electron chi connectivity index (χ1n) is 9.67. The second kappa shape index (κ2) is 9.23. The van der Waals surface area contributed by atoms with Crippen LogP contribution in [0.15, 0.2) is 24.3 Å². The summed E-state index contributed by atoms with van der Waals surface area (Å²) in [7, 11) is 0. The SMILES string of the molecule is CCC[C@H](C)c1nnc(NC(=O)C2CCN(C(=O)c3cccc(F)c3)CC2)s1. The molecule has 1 N–H and O–H groups in total. The Hall–Kier alpha value is -2.35. The third kappa shape index (κ3) is 4.92. The maximum atomic E-state index is 13.3. The summed E-state index contributed by atoms with van der Waals surface area (Å²) in [5.74, 6) is -0.535. The van der Waals surface area contributed by atoms with E-state index in [9.17, 15) is 14.0 Å². The van der Waals surface area contributed by atoms with Gasteiger partial charge in [0.1, 0.15) is 10.8 Å². The van der Waals surface area contributed by atoms with Gasteiger partial charge in [0.05, 0.1) is 0 Å². The van der Waals surface area contributed by atoms with Gasteiger partial charge in [-0.05, 0) is 37.5 Å². The predicted molar refractivity (Wildman–Crippen MR) is 107 cm³/mol. The van der Waals surface area contributed by atoms with Crippen molar-refractivity contribution in [3.05, 3.63) is 40.7 Å². The molecule has 1 atom stereocenters. The zero-order valence-corrected chi connectivity index (χ0v) is 17.0. The van der Waals surface area contributed by atoms with E-state index in [1.165, 1.54) is 29.5 Å². The molecule has 2 aromatic rings. The van der Waals surface area contributed by atoms with Crippen molar-refractivity contribution in [3.8, 4) is 0 Å². The van der Waals surface area contributed by atoms with Gasteiger partial charge in [0, 0.05) is 30.5 Å². The number of amides is 2. The lowest BCUT2D eigenvalue weighted by Crippen LogP contribution is -2.41. The summed E-state index contributed by atoms with van der Waals surface area (Å²) in [5.41, 5.74) is 0.338. The van der Waals surface area contributed by atoms with E-state index in [0.717, 1.165) is 17.8 Å². The molecule has 2 amide bonds. The number of aromatic nitrogens is 2. The third-order valence-electron chi connectivity index (χ3n) is 5.04. The molecule has 1 aromatic carbocycles. The van der Waals surface area contributed by atoms with Crippen LogP contribution >= 0.6 is 11.3 Å². The van der Waals surface area contributed by atoms with Crippen LogP contribution in [0, 0.1) is 11.7 Å². The first-order valence-corrected chi connectivity index (χ1v) is 10.5. The van der Waals surface area contributed by atoms with E-state index in [0.29, 0.717) is 42.5 Å². The molecular weight excluding hydrogens is 379 g/mol. The molecule has 1 saturated heterocycles. The summed E-state index contributed by atoms with van der Waals surface area (Å²) in [6.07, 6.45) is 3.27. The summed E-state index contributed by atoms with van der Waals surface area (Å²) in [5, 5.41) is 12.6. The lowest BCUT2D eigenvalue weighted by molar-refractivity contribution is -0.121. The van der Waals surface area contributed by atoms with Crippen molar-refractivity contribution in [2.24, 2.45) is 5.92 Å². The van der Waals surface area contributed by atoms with Crippen molar-refractivity contribution in [1.29, 1.82) is 0 Å². The number of benzene rings is 1. The number of nitrogens with one attached hydrogen (secondary N) is 1. The van der Waals surface area contributed by atoms with E-state index in [-0.39, 0.29) is 17.7 Å². The highest BCUT2D eigenvalue weighted by Crippen LogP contribution is 2.27. The number of piperidine rings is 1. The lowest BCUT2D eigenvalue weighted by Gasteiger charge is -2.31. The van der Waals surface area contributed by atoms with Gasteiger partial charge >= 0.3 is 0 Å². The second-order valence-corrected chi connectivity index (χ2v) is 8.21. The minimum atomic E-state index is -0.426. The lowest BCUT2D eigenvalue weighted by atomic mass is 9.95. The van der Waals surface area contributed by atoms with E-state index in [1.54, 1.807) is 11.0 Å². The van der Waals surface area contributed by atoms with E-state index < -0.39 is 5.82 Å². The molecule has 150 valence electrons. The number of carbonyl (C=O) groups excluding carboxylic acids is 2. The van der Waals surface area contributed by atoms with Crippen molar-refractivity contribution >= 4 is 28.3 Å². The van der Waals surface area contributed by atoms with E-state index in [1.807, 2.05) is 0 Å². The quantitative estimate of drug-likeness (QED) is 0.787. The van der Waals surface area contributed by atoms with Gasteiger partial charge in [0.25, 0.3) is 5.91 Å². The van der Waals surface area contributed by atoms with Crippen LogP contribution in [0.4, 0.5) is 9.52 Å². The van der Waals surface area contributed by atoms with E-state index in [2.05, 4.69) is 29.4 Å². The van der Waals surface area contributed by atoms with Crippen molar-refractivity contribution in [3.63, 3.8) is 0 Å². The average Bonchev–Trinajstić information content (AvgIpc) is 3.16. The van der Waals surface area contributed by atoms with Crippen LogP contribution in [-0.2, 0) is 4.79 Å². The van der Waals surface area contributed by atoms with Crippen LogP contribution in [-0.4, -0.2) is 40.0 Å². The van der Waals surface area contributed by atoms with E-state index in [4.69, 9.17) is 0 Å². The molecule has 0 aliphatic carbocycles. The zero-order chi connectivity index (χ0) is 20.1. The Labute approximate surface area is 168 Å². The minimum absolute atomic E-state index is 0.0799. The summed E-state index contributed by atoms with van der Waals surface area (Å²) in [6, 6.07) is 5.69. The molecule has 0 unspecified atom stereocenters. The first-order chi connectivity index (χ1) is 13.5. The van der Waals surface area contributed by atoms with Gasteiger partial charge in [-0.2, -0.15) is 0 Å². The van der Waals surface area contributed by atoms with Gasteiger partial charge in [-0.25, -0.2) is 4.39 Å². The Morgan fingerprint density at radius 1 is 1.32 bits per heavy atom. The Bertz CT molecular complexity index is 833. The summed E-state index contributed by atoms with van der Waals surface area (Å²) >= 11 is 1.42. The van der Waals surface area contributed by atoms with Crippen LogP contribution in [0.1, 0.15) is 60.8 Å². The Morgan fingerprint density at radius 2 is 2.07 bits per heavy atom. The highest BCUT2D eigenvalue weighted by Gasteiger charge is 2.28. The van der Waals surface area contributed by atoms with Crippen molar-refractivity contribution in [1.82, 2.24) is 15.1 Å². The smallest absolute Gasteiger partial charge is 0.253 e. The summed E-state index contributed by atoms with van der Waals surface area (Å²) in [6.45, 7) is 5.19. The number of halogens is 1. The monoisotopic (exact) mass is 404 g/mol. The van der Waals surface area contributed by atoms with Crippen LogP contribution in [0.3, 0.4) is 0 Å². The van der Waals surface area contributed by atoms with Gasteiger partial charge in [0.2, 0.25) is 11.0 Å². The molecule has 0 saturated carbocycles. The van der Waals surface area contributed by atoms with Crippen molar-refractivity contribution in [2.75, 3.05) is 18.4 Å². The van der Waals surface area contributed by atoms with E-state index >= 15 is 0 Å². The molecule has 0 bridgehead atoms. The highest BCUT2D eigenvalue weighted by molar-refractivity contribution is 7.15. The molecule has 1 aromatic heterocycles. The summed E-state index contributed by atoms with van der Waals surface area (Å²) < 4.78 is 13.3. The van der Waals surface area contributed by atoms with Gasteiger partial charge in [-0.1, -0.05) is 37.7 Å². The highest BCUT2D eigenvalue weighted by atomic mass is 32.1. The van der Waals surface area contributed by atoms with Crippen LogP contribution < -0.4 is 5.32 Å². The van der Waals surface area contributed by atoms with Crippen LogP contribution in [0.5, 0.6) is 0 Å². The largest absolute Gasteiger partial charge is 0.339 e. The number of hydrogen-bond donors (Lipinski definition) is 1. The minimum Gasteiger partial charge on any atom is -0.339 e. The predicted octanol–water partition coefficient (Wildman–Crippen LogP) is 4.07. The number of hydrogen-bond acceptors (Lipinski definition) is 5. The molecule has 0 spiro atoms. The van der Waals surface area contributed by atoms with Crippen LogP contribution in [0.2, 0.25) is 0 Å². The standard InChI is InChI=1S/C20H25FN4O2S/c1-3-5-13(2)18-23-24-20(28-18)22-17(26)14-8-10-25(11-9-14)19(27)15-6-4-7-16(21)12-15/h4,6-7,12-14H,3,5,8-11H2,1-2H3,(H,22,24,26)/t13-/m0/s1. The van der Waals surface area contributed by atoms with Crippen molar-refractivity contribution < 1.29 is 14.0 Å². The maximum Gasteiger partial charge on any atom is 0.253 e. The molecule has 3 rings (SSSR count). The number of rotatable bonds is 6. The summed E-state index contributed by atoms with van der Waals surface area (Å²) in [4.78, 5) is 26.7. The first kappa shape index (κ1) is 20.4. The van der Waals surface area contributed by atoms with Gasteiger partial charge in [-0.15, -0.1) is 10.2 Å². The zero-order valence-electron chi connectivity index (χ0n) is 16.2. The molecule has 6 nitrogen and oxygen atoms in total. The molecule has 28 heavy (non-hydrogen) atoms. The fourth-order valence-corrected chi connectivity index (χ4v) is 4.23. The molecular formula is C20H25FN4O2S. The fraction of sp³-hybridized carbons (Fsp3) is 0.500. The van der Waals surface area contributed by atoms with Crippen LogP contribution in [0.25, 0.3) is 0 Å². The second-order valence-electron chi connectivity index (χ2n) is 7.20. The van der Waals surface area contributed by atoms with Gasteiger partial charge < -0.3 is 10.2 Å².